The minimum atomic E-state index is -0.976. The zero-order valence-corrected chi connectivity index (χ0v) is 16.8. The number of nitrogens with one attached hydrogen (secondary N) is 1. The minimum Gasteiger partial charge on any atom is -0.452 e. The summed E-state index contributed by atoms with van der Waals surface area (Å²) < 4.78 is 5.16. The molecular weight excluding hydrogens is 395 g/mol. The maximum atomic E-state index is 12.1. The van der Waals surface area contributed by atoms with Crippen LogP contribution < -0.4 is 5.32 Å². The number of ether oxygens (including phenoxy) is 1. The van der Waals surface area contributed by atoms with Crippen LogP contribution in [0.25, 0.3) is 0 Å². The lowest BCUT2D eigenvalue weighted by Gasteiger charge is -2.14. The van der Waals surface area contributed by atoms with Crippen LogP contribution >= 0.6 is 35.0 Å². The summed E-state index contributed by atoms with van der Waals surface area (Å²) in [5, 5.41) is 3.07. The molecule has 1 amide bonds. The molecule has 1 heterocycles. The third-order valence-corrected chi connectivity index (χ3v) is 5.05. The lowest BCUT2D eigenvalue weighted by molar-refractivity contribution is -0.150. The summed E-state index contributed by atoms with van der Waals surface area (Å²) in [6.45, 7) is 5.48. The Morgan fingerprint density at radius 3 is 2.65 bits per heavy atom. The summed E-state index contributed by atoms with van der Waals surface area (Å²) >= 11 is 13.1. The van der Waals surface area contributed by atoms with E-state index in [9.17, 15) is 9.59 Å². The van der Waals surface area contributed by atoms with Crippen molar-refractivity contribution in [3.63, 3.8) is 0 Å². The SMILES string of the molecule is Cc1ccc(SCC(=O)O[C@H](C)C(=O)Nc2ncc(Cl)cc2Cl)c(C)c1. The quantitative estimate of drug-likeness (QED) is 0.551. The summed E-state index contributed by atoms with van der Waals surface area (Å²) in [6, 6.07) is 7.46. The minimum absolute atomic E-state index is 0.113. The highest BCUT2D eigenvalue weighted by atomic mass is 35.5. The van der Waals surface area contributed by atoms with E-state index in [0.717, 1.165) is 16.0 Å². The lowest BCUT2D eigenvalue weighted by atomic mass is 10.2. The third-order valence-electron chi connectivity index (χ3n) is 3.40. The Morgan fingerprint density at radius 2 is 2.00 bits per heavy atom. The lowest BCUT2D eigenvalue weighted by Crippen LogP contribution is -2.30. The van der Waals surface area contributed by atoms with Crippen LogP contribution in [-0.2, 0) is 14.3 Å². The monoisotopic (exact) mass is 412 g/mol. The van der Waals surface area contributed by atoms with Crippen LogP contribution in [0.3, 0.4) is 0 Å². The van der Waals surface area contributed by atoms with Gasteiger partial charge < -0.3 is 10.1 Å². The second-order valence-electron chi connectivity index (χ2n) is 5.66. The molecule has 0 bridgehead atoms. The van der Waals surface area contributed by atoms with Crippen LogP contribution in [0.2, 0.25) is 10.0 Å². The molecule has 1 aromatic carbocycles. The van der Waals surface area contributed by atoms with E-state index in [2.05, 4.69) is 10.3 Å². The van der Waals surface area contributed by atoms with Crippen LogP contribution in [0.5, 0.6) is 0 Å². The van der Waals surface area contributed by atoms with Gasteiger partial charge >= 0.3 is 5.97 Å². The molecule has 0 unspecified atom stereocenters. The maximum Gasteiger partial charge on any atom is 0.317 e. The Morgan fingerprint density at radius 1 is 1.27 bits per heavy atom. The molecule has 0 saturated heterocycles. The molecule has 138 valence electrons. The van der Waals surface area contributed by atoms with Crippen molar-refractivity contribution in [1.29, 1.82) is 0 Å². The Balaban J connectivity index is 1.86. The first-order valence-corrected chi connectivity index (χ1v) is 9.52. The molecule has 26 heavy (non-hydrogen) atoms. The van der Waals surface area contributed by atoms with Gasteiger partial charge in [-0.15, -0.1) is 11.8 Å². The van der Waals surface area contributed by atoms with E-state index >= 15 is 0 Å². The average molecular weight is 413 g/mol. The van der Waals surface area contributed by atoms with E-state index in [1.165, 1.54) is 30.9 Å². The number of carbonyl (C=O) groups excluding carboxylic acids is 2. The van der Waals surface area contributed by atoms with Gasteiger partial charge in [0.25, 0.3) is 5.91 Å². The second kappa shape index (κ2) is 9.26. The first-order chi connectivity index (χ1) is 12.3. The average Bonchev–Trinajstić information content (AvgIpc) is 2.56. The smallest absolute Gasteiger partial charge is 0.317 e. The largest absolute Gasteiger partial charge is 0.452 e. The number of hydrogen-bond acceptors (Lipinski definition) is 5. The molecule has 5 nitrogen and oxygen atoms in total. The van der Waals surface area contributed by atoms with Crippen molar-refractivity contribution in [3.8, 4) is 0 Å². The van der Waals surface area contributed by atoms with Gasteiger partial charge in [0.1, 0.15) is 0 Å². The van der Waals surface area contributed by atoms with E-state index in [4.69, 9.17) is 27.9 Å². The van der Waals surface area contributed by atoms with Gasteiger partial charge in [-0.2, -0.15) is 0 Å². The number of thioether (sulfide) groups is 1. The van der Waals surface area contributed by atoms with Crippen molar-refractivity contribution in [1.82, 2.24) is 4.98 Å². The van der Waals surface area contributed by atoms with Gasteiger partial charge in [-0.05, 0) is 38.5 Å². The zero-order chi connectivity index (χ0) is 19.3. The molecule has 0 radical (unpaired) electrons. The molecule has 0 aliphatic heterocycles. The molecule has 0 aliphatic carbocycles. The number of carbonyl (C=O) groups is 2. The Labute approximate surface area is 166 Å². The van der Waals surface area contributed by atoms with Crippen molar-refractivity contribution in [2.45, 2.75) is 31.8 Å². The molecule has 2 rings (SSSR count). The van der Waals surface area contributed by atoms with E-state index in [-0.39, 0.29) is 16.6 Å². The number of amides is 1. The van der Waals surface area contributed by atoms with Gasteiger partial charge in [0.15, 0.2) is 11.9 Å². The number of pyridine rings is 1. The molecular formula is C18H18Cl2N2O3S. The number of rotatable bonds is 6. The molecule has 0 fully saturated rings. The van der Waals surface area contributed by atoms with E-state index in [0.29, 0.717) is 5.02 Å². The molecule has 8 heteroatoms. The fourth-order valence-corrected chi connectivity index (χ4v) is 3.33. The number of aryl methyl sites for hydroxylation is 2. The van der Waals surface area contributed by atoms with E-state index < -0.39 is 18.0 Å². The third kappa shape index (κ3) is 5.90. The Bertz CT molecular complexity index is 830. The number of esters is 1. The molecule has 1 N–H and O–H groups in total. The summed E-state index contributed by atoms with van der Waals surface area (Å²) in [7, 11) is 0. The van der Waals surface area contributed by atoms with Crippen molar-refractivity contribution in [3.05, 3.63) is 51.6 Å². The number of anilines is 1. The topological polar surface area (TPSA) is 68.3 Å². The number of hydrogen-bond donors (Lipinski definition) is 1. The fraction of sp³-hybridized carbons (Fsp3) is 0.278. The molecule has 1 atom stereocenters. The van der Waals surface area contributed by atoms with Crippen LogP contribution in [0.15, 0.2) is 35.4 Å². The Hall–Kier alpha value is -1.76. The predicted octanol–water partition coefficient (Wildman–Crippen LogP) is 4.67. The highest BCUT2D eigenvalue weighted by molar-refractivity contribution is 8.00. The normalized spacial score (nSPS) is 11.7. The van der Waals surface area contributed by atoms with Crippen molar-refractivity contribution in [2.75, 3.05) is 11.1 Å². The molecule has 2 aromatic rings. The fourth-order valence-electron chi connectivity index (χ4n) is 2.11. The molecule has 1 aromatic heterocycles. The molecule has 0 saturated carbocycles. The second-order valence-corrected chi connectivity index (χ2v) is 7.52. The van der Waals surface area contributed by atoms with Crippen LogP contribution in [0.4, 0.5) is 5.82 Å². The highest BCUT2D eigenvalue weighted by Gasteiger charge is 2.19. The Kier molecular flexibility index (Phi) is 7.32. The van der Waals surface area contributed by atoms with Crippen LogP contribution in [-0.4, -0.2) is 28.7 Å². The number of halogens is 2. The van der Waals surface area contributed by atoms with Crippen molar-refractivity contribution < 1.29 is 14.3 Å². The van der Waals surface area contributed by atoms with Crippen LogP contribution in [0, 0.1) is 13.8 Å². The van der Waals surface area contributed by atoms with Crippen molar-refractivity contribution >= 4 is 52.7 Å². The predicted molar refractivity (Wildman–Crippen MR) is 105 cm³/mol. The first-order valence-electron chi connectivity index (χ1n) is 7.77. The first kappa shape index (κ1) is 20.6. The summed E-state index contributed by atoms with van der Waals surface area (Å²) in [5.41, 5.74) is 2.26. The van der Waals surface area contributed by atoms with Gasteiger partial charge in [-0.25, -0.2) is 4.98 Å². The summed E-state index contributed by atoms with van der Waals surface area (Å²) in [4.78, 5) is 29.0. The number of aromatic nitrogens is 1. The van der Waals surface area contributed by atoms with Crippen molar-refractivity contribution in [2.24, 2.45) is 0 Å². The van der Waals surface area contributed by atoms with Gasteiger partial charge in [0, 0.05) is 11.1 Å². The summed E-state index contributed by atoms with van der Waals surface area (Å²) in [6.07, 6.45) is 0.385. The van der Waals surface area contributed by atoms with Gasteiger partial charge in [0.2, 0.25) is 0 Å². The molecule has 0 spiro atoms. The van der Waals surface area contributed by atoms with E-state index in [1.54, 1.807) is 0 Å². The van der Waals surface area contributed by atoms with Gasteiger partial charge in [-0.1, -0.05) is 40.9 Å². The van der Waals surface area contributed by atoms with Gasteiger partial charge in [0.05, 0.1) is 15.8 Å². The van der Waals surface area contributed by atoms with Gasteiger partial charge in [-0.3, -0.25) is 9.59 Å². The summed E-state index contributed by atoms with van der Waals surface area (Å²) in [5.74, 6) is -0.727. The zero-order valence-electron chi connectivity index (χ0n) is 14.5. The number of benzene rings is 1. The molecule has 0 aliphatic rings. The van der Waals surface area contributed by atoms with Crippen LogP contribution in [0.1, 0.15) is 18.1 Å². The van der Waals surface area contributed by atoms with E-state index in [1.807, 2.05) is 32.0 Å². The maximum absolute atomic E-state index is 12.1. The standard InChI is InChI=1S/C18H18Cl2N2O3S/c1-10-4-5-15(11(2)6-10)26-9-16(23)25-12(3)18(24)22-17-14(20)7-13(19)8-21-17/h4-8,12H,9H2,1-3H3,(H,21,22,24)/t12-/m1/s1. The number of nitrogens with zero attached hydrogens (tertiary/aromatic N) is 1. The highest BCUT2D eigenvalue weighted by Crippen LogP contribution is 2.24.